The lowest BCUT2D eigenvalue weighted by atomic mass is 10.4. The Labute approximate surface area is 122 Å². The SMILES string of the molecule is CCCNC(NCCC)=C(C#N)P(=O)(OCC)OCC. The maximum atomic E-state index is 12.7. The van der Waals surface area contributed by atoms with Crippen LogP contribution in [0.1, 0.15) is 40.5 Å². The van der Waals surface area contributed by atoms with Gasteiger partial charge in [0.05, 0.1) is 13.2 Å². The van der Waals surface area contributed by atoms with Gasteiger partial charge >= 0.3 is 7.60 Å². The summed E-state index contributed by atoms with van der Waals surface area (Å²) in [6.45, 7) is 9.26. The molecular formula is C13H26N3O3P. The van der Waals surface area contributed by atoms with Gasteiger partial charge in [0, 0.05) is 13.1 Å². The topological polar surface area (TPSA) is 83.4 Å². The van der Waals surface area contributed by atoms with Crippen molar-refractivity contribution in [2.75, 3.05) is 26.3 Å². The van der Waals surface area contributed by atoms with Crippen LogP contribution in [0.5, 0.6) is 0 Å². The van der Waals surface area contributed by atoms with Gasteiger partial charge < -0.3 is 19.7 Å². The van der Waals surface area contributed by atoms with E-state index >= 15 is 0 Å². The highest BCUT2D eigenvalue weighted by Gasteiger charge is 2.33. The van der Waals surface area contributed by atoms with Crippen molar-refractivity contribution in [1.29, 1.82) is 5.26 Å². The van der Waals surface area contributed by atoms with Crippen LogP contribution in [-0.2, 0) is 13.6 Å². The lowest BCUT2D eigenvalue weighted by molar-refractivity contribution is 0.227. The quantitative estimate of drug-likeness (QED) is 0.451. The minimum Gasteiger partial charge on any atom is -0.371 e. The molecule has 0 aromatic carbocycles. The lowest BCUT2D eigenvalue weighted by Crippen LogP contribution is -2.29. The van der Waals surface area contributed by atoms with Crippen molar-refractivity contribution in [2.24, 2.45) is 0 Å². The van der Waals surface area contributed by atoms with E-state index in [2.05, 4.69) is 10.6 Å². The Bertz CT molecular complexity index is 371. The summed E-state index contributed by atoms with van der Waals surface area (Å²) in [5.41, 5.74) is 0. The zero-order valence-corrected chi connectivity index (χ0v) is 13.8. The molecule has 0 amide bonds. The first-order valence-electron chi connectivity index (χ1n) is 7.11. The second-order valence-corrected chi connectivity index (χ2v) is 5.98. The molecule has 0 aliphatic rings. The predicted octanol–water partition coefficient (Wildman–Crippen LogP) is 2.94. The summed E-state index contributed by atoms with van der Waals surface area (Å²) >= 11 is 0. The zero-order chi connectivity index (χ0) is 15.4. The fourth-order valence-electron chi connectivity index (χ4n) is 1.49. The van der Waals surface area contributed by atoms with E-state index in [0.29, 0.717) is 18.9 Å². The van der Waals surface area contributed by atoms with Crippen LogP contribution in [0.2, 0.25) is 0 Å². The highest BCUT2D eigenvalue weighted by Crippen LogP contribution is 2.56. The van der Waals surface area contributed by atoms with E-state index in [0.717, 1.165) is 12.8 Å². The molecule has 0 aromatic rings. The van der Waals surface area contributed by atoms with Gasteiger partial charge in [0.1, 0.15) is 11.9 Å². The zero-order valence-electron chi connectivity index (χ0n) is 12.9. The van der Waals surface area contributed by atoms with Gasteiger partial charge in [-0.15, -0.1) is 0 Å². The summed E-state index contributed by atoms with van der Waals surface area (Å²) in [7, 11) is -3.57. The van der Waals surface area contributed by atoms with Crippen molar-refractivity contribution in [3.63, 3.8) is 0 Å². The van der Waals surface area contributed by atoms with Crippen molar-refractivity contribution in [2.45, 2.75) is 40.5 Å². The molecule has 0 aromatic heterocycles. The number of nitrogens with zero attached hydrogens (tertiary/aromatic N) is 1. The number of hydrogen-bond acceptors (Lipinski definition) is 6. The van der Waals surface area contributed by atoms with Crippen LogP contribution in [0.15, 0.2) is 11.1 Å². The summed E-state index contributed by atoms with van der Waals surface area (Å²) < 4.78 is 23.2. The molecule has 0 saturated carbocycles. The molecule has 2 N–H and O–H groups in total. The van der Waals surface area contributed by atoms with E-state index in [4.69, 9.17) is 9.05 Å². The Morgan fingerprint density at radius 3 is 1.80 bits per heavy atom. The summed E-state index contributed by atoms with van der Waals surface area (Å²) in [4.78, 5) is 0. The Kier molecular flexibility index (Phi) is 10.2. The Hall–Kier alpha value is -1.02. The van der Waals surface area contributed by atoms with Crippen molar-refractivity contribution < 1.29 is 13.6 Å². The molecule has 0 fully saturated rings. The lowest BCUT2D eigenvalue weighted by Gasteiger charge is -2.20. The minimum atomic E-state index is -3.57. The monoisotopic (exact) mass is 303 g/mol. The van der Waals surface area contributed by atoms with Crippen LogP contribution in [0, 0.1) is 11.3 Å². The molecule has 0 saturated heterocycles. The van der Waals surface area contributed by atoms with E-state index in [1.165, 1.54) is 0 Å². The van der Waals surface area contributed by atoms with Crippen molar-refractivity contribution >= 4 is 7.60 Å². The third-order valence-electron chi connectivity index (χ3n) is 2.32. The molecule has 0 bridgehead atoms. The molecule has 0 aliphatic carbocycles. The molecule has 0 aliphatic heterocycles. The number of nitrogens with one attached hydrogen (secondary N) is 2. The van der Waals surface area contributed by atoms with Crippen molar-refractivity contribution in [3.8, 4) is 6.07 Å². The van der Waals surface area contributed by atoms with Crippen molar-refractivity contribution in [3.05, 3.63) is 11.1 Å². The van der Waals surface area contributed by atoms with Gasteiger partial charge in [-0.2, -0.15) is 5.26 Å². The summed E-state index contributed by atoms with van der Waals surface area (Å²) in [5, 5.41) is 15.6. The van der Waals surface area contributed by atoms with Crippen LogP contribution in [-0.4, -0.2) is 26.3 Å². The van der Waals surface area contributed by atoms with E-state index in [9.17, 15) is 9.83 Å². The second-order valence-electron chi connectivity index (χ2n) is 4.02. The van der Waals surface area contributed by atoms with Crippen LogP contribution >= 0.6 is 7.60 Å². The first-order chi connectivity index (χ1) is 9.59. The number of hydrogen-bond donors (Lipinski definition) is 2. The van der Waals surface area contributed by atoms with Gasteiger partial charge in [-0.25, -0.2) is 0 Å². The van der Waals surface area contributed by atoms with Crippen LogP contribution in [0.4, 0.5) is 0 Å². The van der Waals surface area contributed by atoms with Crippen LogP contribution < -0.4 is 10.6 Å². The minimum absolute atomic E-state index is 0.0168. The Morgan fingerprint density at radius 2 is 1.50 bits per heavy atom. The highest BCUT2D eigenvalue weighted by molar-refractivity contribution is 7.58. The van der Waals surface area contributed by atoms with E-state index in [1.807, 2.05) is 19.9 Å². The molecule has 0 unspecified atom stereocenters. The average molecular weight is 303 g/mol. The molecule has 116 valence electrons. The smallest absolute Gasteiger partial charge is 0.371 e. The van der Waals surface area contributed by atoms with Gasteiger partial charge in [-0.1, -0.05) is 13.8 Å². The Morgan fingerprint density at radius 1 is 1.05 bits per heavy atom. The van der Waals surface area contributed by atoms with Crippen LogP contribution in [0.3, 0.4) is 0 Å². The van der Waals surface area contributed by atoms with E-state index in [-0.39, 0.29) is 18.5 Å². The number of nitriles is 1. The molecule has 0 atom stereocenters. The van der Waals surface area contributed by atoms with Gasteiger partial charge in [-0.05, 0) is 26.7 Å². The normalized spacial score (nSPS) is 10.8. The summed E-state index contributed by atoms with van der Waals surface area (Å²) in [6.07, 6.45) is 1.78. The fourth-order valence-corrected chi connectivity index (χ4v) is 3.06. The first-order valence-corrected chi connectivity index (χ1v) is 8.65. The van der Waals surface area contributed by atoms with Gasteiger partial charge in [0.15, 0.2) is 5.31 Å². The molecule has 7 heteroatoms. The highest BCUT2D eigenvalue weighted by atomic mass is 31.2. The molecule has 6 nitrogen and oxygen atoms in total. The summed E-state index contributed by atoms with van der Waals surface area (Å²) in [5.74, 6) is 0.446. The molecule has 0 spiro atoms. The largest absolute Gasteiger partial charge is 0.375 e. The molecule has 20 heavy (non-hydrogen) atoms. The first kappa shape index (κ1) is 19.0. The van der Waals surface area contributed by atoms with E-state index in [1.54, 1.807) is 13.8 Å². The third kappa shape index (κ3) is 5.96. The molecule has 0 radical (unpaired) electrons. The number of rotatable bonds is 11. The van der Waals surface area contributed by atoms with Crippen molar-refractivity contribution in [1.82, 2.24) is 10.6 Å². The number of allylic oxidation sites excluding steroid dienone is 1. The maximum Gasteiger partial charge on any atom is 0.375 e. The standard InChI is InChI=1S/C13H26N3O3P/c1-5-9-15-13(16-10-6-2)12(11-14)20(17,18-7-3)19-8-4/h15-16H,5-10H2,1-4H3. The molecular weight excluding hydrogens is 277 g/mol. The predicted molar refractivity (Wildman–Crippen MR) is 80.1 cm³/mol. The van der Waals surface area contributed by atoms with Gasteiger partial charge in [0.25, 0.3) is 0 Å². The van der Waals surface area contributed by atoms with Gasteiger partial charge in [0.2, 0.25) is 0 Å². The summed E-state index contributed by atoms with van der Waals surface area (Å²) in [6, 6.07) is 1.97. The maximum absolute atomic E-state index is 12.7. The second kappa shape index (κ2) is 10.7. The fraction of sp³-hybridized carbons (Fsp3) is 0.769. The molecule has 0 heterocycles. The third-order valence-corrected chi connectivity index (χ3v) is 4.39. The van der Waals surface area contributed by atoms with Gasteiger partial charge in [-0.3, -0.25) is 4.57 Å². The average Bonchev–Trinajstić information content (AvgIpc) is 2.42. The molecule has 0 rings (SSSR count). The van der Waals surface area contributed by atoms with Crippen LogP contribution in [0.25, 0.3) is 0 Å². The van der Waals surface area contributed by atoms with E-state index < -0.39 is 7.60 Å². The Balaban J connectivity index is 5.48.